The van der Waals surface area contributed by atoms with E-state index in [9.17, 15) is 4.79 Å². The first kappa shape index (κ1) is 16.5. The predicted octanol–water partition coefficient (Wildman–Crippen LogP) is 2.98. The molecule has 1 unspecified atom stereocenters. The van der Waals surface area contributed by atoms with Gasteiger partial charge in [-0.1, -0.05) is 36.4 Å². The van der Waals surface area contributed by atoms with E-state index in [1.807, 2.05) is 18.2 Å². The molecule has 2 aromatic rings. The SMILES string of the molecule is COc1cccc(-c2ccc(CNC(=O)C3CCCNC3)cc2)c1. The average Bonchev–Trinajstić information content (AvgIpc) is 2.67. The second-order valence-corrected chi connectivity index (χ2v) is 6.19. The molecule has 3 rings (SSSR count). The van der Waals surface area contributed by atoms with Gasteiger partial charge in [0.2, 0.25) is 5.91 Å². The molecule has 0 saturated carbocycles. The fourth-order valence-electron chi connectivity index (χ4n) is 3.03. The quantitative estimate of drug-likeness (QED) is 0.889. The lowest BCUT2D eigenvalue weighted by Gasteiger charge is -2.21. The maximum atomic E-state index is 12.2. The minimum absolute atomic E-state index is 0.106. The Morgan fingerprint density at radius 2 is 2.04 bits per heavy atom. The first-order chi connectivity index (χ1) is 11.8. The molecule has 1 saturated heterocycles. The maximum Gasteiger partial charge on any atom is 0.224 e. The molecular formula is C20H24N2O2. The van der Waals surface area contributed by atoms with E-state index in [0.717, 1.165) is 48.4 Å². The Morgan fingerprint density at radius 1 is 1.21 bits per heavy atom. The number of carbonyl (C=O) groups is 1. The number of hydrogen-bond donors (Lipinski definition) is 2. The van der Waals surface area contributed by atoms with Gasteiger partial charge >= 0.3 is 0 Å². The van der Waals surface area contributed by atoms with E-state index in [2.05, 4.69) is 41.0 Å². The van der Waals surface area contributed by atoms with Crippen LogP contribution in [-0.2, 0) is 11.3 Å². The second kappa shape index (κ2) is 7.97. The highest BCUT2D eigenvalue weighted by Crippen LogP contribution is 2.24. The lowest BCUT2D eigenvalue weighted by atomic mass is 9.98. The van der Waals surface area contributed by atoms with Crippen LogP contribution >= 0.6 is 0 Å². The smallest absolute Gasteiger partial charge is 0.224 e. The van der Waals surface area contributed by atoms with Gasteiger partial charge in [0.25, 0.3) is 0 Å². The van der Waals surface area contributed by atoms with Crippen molar-refractivity contribution < 1.29 is 9.53 Å². The van der Waals surface area contributed by atoms with Crippen molar-refractivity contribution in [2.45, 2.75) is 19.4 Å². The summed E-state index contributed by atoms with van der Waals surface area (Å²) in [6, 6.07) is 16.3. The van der Waals surface area contributed by atoms with Crippen LogP contribution in [0, 0.1) is 5.92 Å². The summed E-state index contributed by atoms with van der Waals surface area (Å²) < 4.78 is 5.27. The highest BCUT2D eigenvalue weighted by molar-refractivity contribution is 5.79. The number of hydrogen-bond acceptors (Lipinski definition) is 3. The summed E-state index contributed by atoms with van der Waals surface area (Å²) in [6.07, 6.45) is 2.06. The Hall–Kier alpha value is -2.33. The van der Waals surface area contributed by atoms with Gasteiger partial charge in [0.05, 0.1) is 13.0 Å². The molecule has 1 atom stereocenters. The van der Waals surface area contributed by atoms with Crippen LogP contribution < -0.4 is 15.4 Å². The molecule has 0 aromatic heterocycles. The molecule has 24 heavy (non-hydrogen) atoms. The summed E-state index contributed by atoms with van der Waals surface area (Å²) in [4.78, 5) is 12.2. The van der Waals surface area contributed by atoms with Gasteiger partial charge < -0.3 is 15.4 Å². The van der Waals surface area contributed by atoms with Crippen LogP contribution in [0.5, 0.6) is 5.75 Å². The third kappa shape index (κ3) is 4.15. The van der Waals surface area contributed by atoms with Gasteiger partial charge in [-0.25, -0.2) is 0 Å². The fraction of sp³-hybridized carbons (Fsp3) is 0.350. The summed E-state index contributed by atoms with van der Waals surface area (Å²) >= 11 is 0. The molecule has 1 aliphatic heterocycles. The molecule has 4 nitrogen and oxygen atoms in total. The van der Waals surface area contributed by atoms with Crippen LogP contribution in [0.3, 0.4) is 0 Å². The fourth-order valence-corrected chi connectivity index (χ4v) is 3.03. The van der Waals surface area contributed by atoms with E-state index in [1.165, 1.54) is 0 Å². The van der Waals surface area contributed by atoms with Crippen molar-refractivity contribution in [1.29, 1.82) is 0 Å². The Balaban J connectivity index is 1.59. The van der Waals surface area contributed by atoms with Crippen molar-refractivity contribution in [3.8, 4) is 16.9 Å². The lowest BCUT2D eigenvalue weighted by Crippen LogP contribution is -2.40. The number of benzene rings is 2. The average molecular weight is 324 g/mol. The summed E-state index contributed by atoms with van der Waals surface area (Å²) in [5.74, 6) is 1.11. The van der Waals surface area contributed by atoms with Gasteiger partial charge in [0.1, 0.15) is 5.75 Å². The zero-order chi connectivity index (χ0) is 16.8. The van der Waals surface area contributed by atoms with E-state index in [-0.39, 0.29) is 11.8 Å². The highest BCUT2D eigenvalue weighted by atomic mass is 16.5. The second-order valence-electron chi connectivity index (χ2n) is 6.19. The molecule has 0 aliphatic carbocycles. The first-order valence-electron chi connectivity index (χ1n) is 8.48. The molecule has 0 spiro atoms. The van der Waals surface area contributed by atoms with Crippen LogP contribution in [-0.4, -0.2) is 26.1 Å². The van der Waals surface area contributed by atoms with Gasteiger partial charge in [0, 0.05) is 13.1 Å². The van der Waals surface area contributed by atoms with Crippen molar-refractivity contribution in [3.05, 3.63) is 54.1 Å². The van der Waals surface area contributed by atoms with E-state index in [1.54, 1.807) is 7.11 Å². The number of ether oxygens (including phenoxy) is 1. The summed E-state index contributed by atoms with van der Waals surface area (Å²) in [7, 11) is 1.67. The molecule has 2 aromatic carbocycles. The van der Waals surface area contributed by atoms with Crippen LogP contribution in [0.1, 0.15) is 18.4 Å². The van der Waals surface area contributed by atoms with E-state index >= 15 is 0 Å². The zero-order valence-electron chi connectivity index (χ0n) is 14.0. The molecule has 0 bridgehead atoms. The molecule has 0 radical (unpaired) electrons. The lowest BCUT2D eigenvalue weighted by molar-refractivity contribution is -0.125. The number of nitrogens with one attached hydrogen (secondary N) is 2. The van der Waals surface area contributed by atoms with Crippen molar-refractivity contribution in [2.24, 2.45) is 5.92 Å². The normalized spacial score (nSPS) is 17.3. The number of amides is 1. The van der Waals surface area contributed by atoms with Crippen molar-refractivity contribution in [1.82, 2.24) is 10.6 Å². The molecule has 4 heteroatoms. The molecule has 2 N–H and O–H groups in total. The Morgan fingerprint density at radius 3 is 2.75 bits per heavy atom. The molecule has 1 amide bonds. The van der Waals surface area contributed by atoms with Crippen LogP contribution in [0.25, 0.3) is 11.1 Å². The van der Waals surface area contributed by atoms with Crippen LogP contribution in [0.2, 0.25) is 0 Å². The monoisotopic (exact) mass is 324 g/mol. The van der Waals surface area contributed by atoms with Gasteiger partial charge in [-0.2, -0.15) is 0 Å². The van der Waals surface area contributed by atoms with E-state index in [0.29, 0.717) is 6.54 Å². The molecular weight excluding hydrogens is 300 g/mol. The standard InChI is InChI=1S/C20H24N2O2/c1-24-19-6-2-4-17(12-19)16-9-7-15(8-10-16)13-22-20(23)18-5-3-11-21-14-18/h2,4,6-10,12,18,21H,3,5,11,13-14H2,1H3,(H,22,23). The molecule has 1 fully saturated rings. The number of carbonyl (C=O) groups excluding carboxylic acids is 1. The summed E-state index contributed by atoms with van der Waals surface area (Å²) in [6.45, 7) is 2.39. The topological polar surface area (TPSA) is 50.4 Å². The minimum Gasteiger partial charge on any atom is -0.497 e. The van der Waals surface area contributed by atoms with Crippen molar-refractivity contribution >= 4 is 5.91 Å². The van der Waals surface area contributed by atoms with Crippen molar-refractivity contribution in [2.75, 3.05) is 20.2 Å². The number of rotatable bonds is 5. The third-order valence-electron chi connectivity index (χ3n) is 4.49. The Labute approximate surface area is 143 Å². The molecule has 126 valence electrons. The van der Waals surface area contributed by atoms with Gasteiger partial charge in [-0.15, -0.1) is 0 Å². The van der Waals surface area contributed by atoms with E-state index < -0.39 is 0 Å². The van der Waals surface area contributed by atoms with E-state index in [4.69, 9.17) is 4.74 Å². The molecule has 1 heterocycles. The Bertz CT molecular complexity index is 676. The number of methoxy groups -OCH3 is 1. The van der Waals surface area contributed by atoms with Gasteiger partial charge in [-0.3, -0.25) is 4.79 Å². The van der Waals surface area contributed by atoms with Crippen LogP contribution in [0.4, 0.5) is 0 Å². The Kier molecular flexibility index (Phi) is 5.49. The maximum absolute atomic E-state index is 12.2. The first-order valence-corrected chi connectivity index (χ1v) is 8.48. The zero-order valence-corrected chi connectivity index (χ0v) is 14.0. The van der Waals surface area contributed by atoms with Crippen LogP contribution in [0.15, 0.2) is 48.5 Å². The number of piperidine rings is 1. The minimum atomic E-state index is 0.106. The summed E-state index contributed by atoms with van der Waals surface area (Å²) in [5, 5.41) is 6.33. The largest absolute Gasteiger partial charge is 0.497 e. The predicted molar refractivity (Wildman–Crippen MR) is 95.9 cm³/mol. The highest BCUT2D eigenvalue weighted by Gasteiger charge is 2.20. The summed E-state index contributed by atoms with van der Waals surface area (Å²) in [5.41, 5.74) is 3.37. The van der Waals surface area contributed by atoms with Gasteiger partial charge in [-0.05, 0) is 48.2 Å². The van der Waals surface area contributed by atoms with Gasteiger partial charge in [0.15, 0.2) is 0 Å². The van der Waals surface area contributed by atoms with Crippen molar-refractivity contribution in [3.63, 3.8) is 0 Å². The third-order valence-corrected chi connectivity index (χ3v) is 4.49. The molecule has 1 aliphatic rings.